The van der Waals surface area contributed by atoms with Crippen molar-refractivity contribution in [3.05, 3.63) is 52.1 Å². The molecule has 3 rings (SSSR count). The molecule has 1 aromatic carbocycles. The van der Waals surface area contributed by atoms with Gasteiger partial charge in [-0.2, -0.15) is 0 Å². The van der Waals surface area contributed by atoms with Crippen molar-refractivity contribution in [3.8, 4) is 0 Å². The fraction of sp³-hybridized carbons (Fsp3) is 0.375. The van der Waals surface area contributed by atoms with Crippen LogP contribution in [-0.2, 0) is 13.0 Å². The summed E-state index contributed by atoms with van der Waals surface area (Å²) in [5.74, 6) is 1.51. The number of aromatic nitrogens is 2. The third-order valence-electron chi connectivity index (χ3n) is 3.73. The summed E-state index contributed by atoms with van der Waals surface area (Å²) in [7, 11) is 0. The molecule has 0 amide bonds. The van der Waals surface area contributed by atoms with Crippen molar-refractivity contribution in [1.29, 1.82) is 0 Å². The van der Waals surface area contributed by atoms with Crippen molar-refractivity contribution < 1.29 is 0 Å². The molecule has 1 aliphatic carbocycles. The molecule has 0 unspecified atom stereocenters. The summed E-state index contributed by atoms with van der Waals surface area (Å²) in [6.45, 7) is 2.74. The minimum Gasteiger partial charge on any atom is -0.399 e. The molecule has 1 saturated carbocycles. The second-order valence-corrected chi connectivity index (χ2v) is 5.50. The van der Waals surface area contributed by atoms with Gasteiger partial charge in [0.15, 0.2) is 0 Å². The maximum atomic E-state index is 11.8. The Labute approximate surface area is 123 Å². The van der Waals surface area contributed by atoms with Crippen LogP contribution in [0.1, 0.15) is 31.2 Å². The molecule has 0 spiro atoms. The predicted molar refractivity (Wildman–Crippen MR) is 84.3 cm³/mol. The predicted octanol–water partition coefficient (Wildman–Crippen LogP) is 2.08. The summed E-state index contributed by atoms with van der Waals surface area (Å²) in [5, 5.41) is 0. The van der Waals surface area contributed by atoms with Gasteiger partial charge in [-0.05, 0) is 30.5 Å². The normalized spacial score (nSPS) is 14.1. The summed E-state index contributed by atoms with van der Waals surface area (Å²) in [5.41, 5.74) is 7.58. The summed E-state index contributed by atoms with van der Waals surface area (Å²) in [6, 6.07) is 9.94. The van der Waals surface area contributed by atoms with Crippen molar-refractivity contribution in [1.82, 2.24) is 9.97 Å². The molecule has 5 heteroatoms. The van der Waals surface area contributed by atoms with Crippen LogP contribution in [0.15, 0.2) is 35.1 Å². The molecule has 0 atom stereocenters. The van der Waals surface area contributed by atoms with Gasteiger partial charge in [0.25, 0.3) is 5.56 Å². The number of nitrogens with zero attached hydrogens (tertiary/aromatic N) is 2. The fourth-order valence-corrected chi connectivity index (χ4v) is 2.41. The minimum atomic E-state index is -0.0835. The highest BCUT2D eigenvalue weighted by Crippen LogP contribution is 2.31. The molecule has 1 heterocycles. The molecule has 1 aliphatic rings. The van der Waals surface area contributed by atoms with E-state index in [1.807, 2.05) is 31.2 Å². The molecule has 5 nitrogen and oxygen atoms in total. The van der Waals surface area contributed by atoms with Crippen LogP contribution >= 0.6 is 0 Å². The van der Waals surface area contributed by atoms with E-state index in [-0.39, 0.29) is 5.56 Å². The standard InChI is InChI=1S/C16H20N4O/c1-2-14-18-15(9-16(21)19-14)20(13-7-8-13)10-11-3-5-12(17)6-4-11/h3-6,9,13H,2,7-8,10,17H2,1H3,(H,18,19,21). The van der Waals surface area contributed by atoms with E-state index in [4.69, 9.17) is 5.73 Å². The first-order chi connectivity index (χ1) is 10.2. The van der Waals surface area contributed by atoms with Crippen LogP contribution in [0.3, 0.4) is 0 Å². The Bertz CT molecular complexity index is 673. The number of benzene rings is 1. The SMILES string of the molecule is CCc1nc(N(Cc2ccc(N)cc2)C2CC2)cc(=O)[nH]1. The molecule has 0 radical (unpaired) electrons. The van der Waals surface area contributed by atoms with E-state index >= 15 is 0 Å². The van der Waals surface area contributed by atoms with Crippen molar-refractivity contribution in [2.75, 3.05) is 10.6 Å². The van der Waals surface area contributed by atoms with Gasteiger partial charge in [0, 0.05) is 30.8 Å². The smallest absolute Gasteiger partial charge is 0.252 e. The number of rotatable bonds is 5. The Balaban J connectivity index is 1.89. The zero-order valence-corrected chi connectivity index (χ0v) is 12.2. The lowest BCUT2D eigenvalue weighted by Crippen LogP contribution is -2.28. The van der Waals surface area contributed by atoms with E-state index in [0.29, 0.717) is 6.04 Å². The highest BCUT2D eigenvalue weighted by molar-refractivity contribution is 5.44. The number of nitrogens with two attached hydrogens (primary N) is 1. The quantitative estimate of drug-likeness (QED) is 0.824. The van der Waals surface area contributed by atoms with Crippen molar-refractivity contribution in [2.45, 2.75) is 38.8 Å². The van der Waals surface area contributed by atoms with E-state index in [1.54, 1.807) is 6.07 Å². The minimum absolute atomic E-state index is 0.0835. The largest absolute Gasteiger partial charge is 0.399 e. The number of H-pyrrole nitrogens is 1. The summed E-state index contributed by atoms with van der Waals surface area (Å²) in [6.07, 6.45) is 3.04. The van der Waals surface area contributed by atoms with Crippen LogP contribution in [-0.4, -0.2) is 16.0 Å². The molecule has 2 aromatic rings. The molecular weight excluding hydrogens is 264 g/mol. The Kier molecular flexibility index (Phi) is 3.64. The molecular formula is C16H20N4O. The Morgan fingerprint density at radius 2 is 2.05 bits per heavy atom. The van der Waals surface area contributed by atoms with Gasteiger partial charge in [0.1, 0.15) is 11.6 Å². The monoisotopic (exact) mass is 284 g/mol. The second kappa shape index (κ2) is 5.60. The molecule has 110 valence electrons. The van der Waals surface area contributed by atoms with E-state index in [0.717, 1.165) is 43.1 Å². The molecule has 0 aliphatic heterocycles. The van der Waals surface area contributed by atoms with Crippen LogP contribution in [0, 0.1) is 0 Å². The summed E-state index contributed by atoms with van der Waals surface area (Å²) in [4.78, 5) is 21.3. The number of aromatic amines is 1. The maximum absolute atomic E-state index is 11.8. The Morgan fingerprint density at radius 3 is 2.67 bits per heavy atom. The fourth-order valence-electron chi connectivity index (χ4n) is 2.41. The summed E-state index contributed by atoms with van der Waals surface area (Å²) >= 11 is 0. The van der Waals surface area contributed by atoms with Crippen LogP contribution in [0.4, 0.5) is 11.5 Å². The summed E-state index contributed by atoms with van der Waals surface area (Å²) < 4.78 is 0. The number of hydrogen-bond donors (Lipinski definition) is 2. The average Bonchev–Trinajstić information content (AvgIpc) is 3.30. The van der Waals surface area contributed by atoms with Gasteiger partial charge in [0.2, 0.25) is 0 Å². The second-order valence-electron chi connectivity index (χ2n) is 5.50. The van der Waals surface area contributed by atoms with Gasteiger partial charge in [-0.1, -0.05) is 19.1 Å². The Hall–Kier alpha value is -2.30. The molecule has 0 saturated heterocycles. The maximum Gasteiger partial charge on any atom is 0.252 e. The van der Waals surface area contributed by atoms with Crippen molar-refractivity contribution in [3.63, 3.8) is 0 Å². The van der Waals surface area contributed by atoms with Crippen LogP contribution in [0.2, 0.25) is 0 Å². The number of anilines is 2. The molecule has 3 N–H and O–H groups in total. The van der Waals surface area contributed by atoms with Gasteiger partial charge in [0.05, 0.1) is 0 Å². The first-order valence-electron chi connectivity index (χ1n) is 7.37. The van der Waals surface area contributed by atoms with E-state index in [9.17, 15) is 4.79 Å². The zero-order chi connectivity index (χ0) is 14.8. The molecule has 21 heavy (non-hydrogen) atoms. The van der Waals surface area contributed by atoms with E-state index in [2.05, 4.69) is 14.9 Å². The highest BCUT2D eigenvalue weighted by atomic mass is 16.1. The molecule has 1 fully saturated rings. The highest BCUT2D eigenvalue weighted by Gasteiger charge is 2.30. The van der Waals surface area contributed by atoms with E-state index in [1.165, 1.54) is 5.56 Å². The van der Waals surface area contributed by atoms with Gasteiger partial charge < -0.3 is 15.6 Å². The van der Waals surface area contributed by atoms with Crippen LogP contribution < -0.4 is 16.2 Å². The number of nitrogens with one attached hydrogen (secondary N) is 1. The lowest BCUT2D eigenvalue weighted by Gasteiger charge is -2.24. The third-order valence-corrected chi connectivity index (χ3v) is 3.73. The number of aryl methyl sites for hydroxylation is 1. The van der Waals surface area contributed by atoms with Gasteiger partial charge >= 0.3 is 0 Å². The topological polar surface area (TPSA) is 75.0 Å². The van der Waals surface area contributed by atoms with E-state index < -0.39 is 0 Å². The van der Waals surface area contributed by atoms with Crippen LogP contribution in [0.25, 0.3) is 0 Å². The first kappa shape index (κ1) is 13.7. The van der Waals surface area contributed by atoms with Crippen molar-refractivity contribution >= 4 is 11.5 Å². The lowest BCUT2D eigenvalue weighted by molar-refractivity contribution is 0.762. The molecule has 1 aromatic heterocycles. The van der Waals surface area contributed by atoms with Gasteiger partial charge in [-0.15, -0.1) is 0 Å². The zero-order valence-electron chi connectivity index (χ0n) is 12.2. The van der Waals surface area contributed by atoms with Gasteiger partial charge in [-0.25, -0.2) is 4.98 Å². The van der Waals surface area contributed by atoms with Crippen molar-refractivity contribution in [2.24, 2.45) is 0 Å². The van der Waals surface area contributed by atoms with Crippen LogP contribution in [0.5, 0.6) is 0 Å². The number of hydrogen-bond acceptors (Lipinski definition) is 4. The first-order valence-corrected chi connectivity index (χ1v) is 7.37. The lowest BCUT2D eigenvalue weighted by atomic mass is 10.2. The average molecular weight is 284 g/mol. The molecule has 0 bridgehead atoms. The van der Waals surface area contributed by atoms with Gasteiger partial charge in [-0.3, -0.25) is 4.79 Å². The Morgan fingerprint density at radius 1 is 1.33 bits per heavy atom. The number of nitrogen functional groups attached to an aromatic ring is 1. The third kappa shape index (κ3) is 3.24.